The van der Waals surface area contributed by atoms with Gasteiger partial charge in [-0.3, -0.25) is 5.10 Å². The van der Waals surface area contributed by atoms with Crippen molar-refractivity contribution in [1.82, 2.24) is 35.5 Å². The van der Waals surface area contributed by atoms with Gasteiger partial charge in [-0.25, -0.2) is 9.67 Å². The van der Waals surface area contributed by atoms with Gasteiger partial charge in [0.15, 0.2) is 0 Å². The van der Waals surface area contributed by atoms with Gasteiger partial charge in [-0.15, -0.1) is 5.10 Å². The van der Waals surface area contributed by atoms with Crippen molar-refractivity contribution >= 4 is 0 Å². The maximum absolute atomic E-state index is 4.13. The third-order valence-electron chi connectivity index (χ3n) is 2.54. The van der Waals surface area contributed by atoms with Crippen LogP contribution in [0.4, 0.5) is 0 Å². The largest absolute Gasteiger partial charge is 0.311 e. The number of aromatic amines is 1. The third-order valence-corrected chi connectivity index (χ3v) is 2.54. The summed E-state index contributed by atoms with van der Waals surface area (Å²) in [6.45, 7) is 7.84. The van der Waals surface area contributed by atoms with Crippen molar-refractivity contribution in [2.24, 2.45) is 0 Å². The van der Waals surface area contributed by atoms with E-state index in [1.165, 1.54) is 6.33 Å². The summed E-state index contributed by atoms with van der Waals surface area (Å²) in [7, 11) is 0. The number of hydrogen-bond acceptors (Lipinski definition) is 5. The maximum atomic E-state index is 4.13. The molecule has 2 aromatic heterocycles. The molecule has 0 saturated heterocycles. The van der Waals surface area contributed by atoms with E-state index in [0.29, 0.717) is 6.54 Å². The summed E-state index contributed by atoms with van der Waals surface area (Å²) in [5.74, 6) is 0.890. The van der Waals surface area contributed by atoms with Gasteiger partial charge in [-0.05, 0) is 20.8 Å². The van der Waals surface area contributed by atoms with Crippen LogP contribution in [0.15, 0.2) is 12.5 Å². The molecule has 98 valence electrons. The summed E-state index contributed by atoms with van der Waals surface area (Å²) in [6, 6.07) is 0. The van der Waals surface area contributed by atoms with E-state index in [1.54, 1.807) is 0 Å². The van der Waals surface area contributed by atoms with Crippen molar-refractivity contribution in [3.05, 3.63) is 24.0 Å². The average Bonchev–Trinajstić information content (AvgIpc) is 2.95. The van der Waals surface area contributed by atoms with Crippen LogP contribution >= 0.6 is 0 Å². The minimum absolute atomic E-state index is 0.0227. The van der Waals surface area contributed by atoms with Crippen LogP contribution in [-0.2, 0) is 18.5 Å². The Morgan fingerprint density at radius 2 is 2.22 bits per heavy atom. The van der Waals surface area contributed by atoms with E-state index in [0.717, 1.165) is 24.5 Å². The Morgan fingerprint density at radius 1 is 1.39 bits per heavy atom. The van der Waals surface area contributed by atoms with E-state index in [2.05, 4.69) is 51.6 Å². The van der Waals surface area contributed by atoms with Crippen LogP contribution in [0.1, 0.15) is 32.3 Å². The topological polar surface area (TPSA) is 84.3 Å². The molecule has 0 aliphatic heterocycles. The molecular weight excluding hydrogens is 230 g/mol. The molecule has 0 spiro atoms. The maximum Gasteiger partial charge on any atom is 0.137 e. The minimum Gasteiger partial charge on any atom is -0.311 e. The molecule has 2 rings (SSSR count). The van der Waals surface area contributed by atoms with Crippen LogP contribution in [0.5, 0.6) is 0 Å². The van der Waals surface area contributed by atoms with E-state index in [1.807, 2.05) is 10.9 Å². The second-order valence-electron chi connectivity index (χ2n) is 5.18. The Hall–Kier alpha value is -1.76. The molecule has 0 atom stereocenters. The predicted octanol–water partition coefficient (Wildman–Crippen LogP) is 0.483. The summed E-state index contributed by atoms with van der Waals surface area (Å²) >= 11 is 0. The van der Waals surface area contributed by atoms with Gasteiger partial charge in [0, 0.05) is 19.5 Å². The standard InChI is InChI=1S/C11H19N7/c1-11(2,3)18-7-9(15-17-18)6-12-5-4-10-13-8-14-16-10/h7-8,12H,4-6H2,1-3H3,(H,13,14,16). The summed E-state index contributed by atoms with van der Waals surface area (Å²) in [6.07, 6.45) is 4.32. The number of H-pyrrole nitrogens is 1. The van der Waals surface area contributed by atoms with Gasteiger partial charge in [0.05, 0.1) is 17.4 Å². The second kappa shape index (κ2) is 5.26. The van der Waals surface area contributed by atoms with Gasteiger partial charge >= 0.3 is 0 Å². The summed E-state index contributed by atoms with van der Waals surface area (Å²) < 4.78 is 1.88. The lowest BCUT2D eigenvalue weighted by Crippen LogP contribution is -2.22. The summed E-state index contributed by atoms with van der Waals surface area (Å²) in [5, 5.41) is 18.2. The van der Waals surface area contributed by atoms with E-state index >= 15 is 0 Å². The van der Waals surface area contributed by atoms with Gasteiger partial charge in [0.1, 0.15) is 12.2 Å². The third kappa shape index (κ3) is 3.36. The van der Waals surface area contributed by atoms with Crippen LogP contribution in [0.3, 0.4) is 0 Å². The van der Waals surface area contributed by atoms with E-state index in [-0.39, 0.29) is 5.54 Å². The molecule has 7 nitrogen and oxygen atoms in total. The summed E-state index contributed by atoms with van der Waals surface area (Å²) in [4.78, 5) is 4.06. The van der Waals surface area contributed by atoms with Gasteiger partial charge in [0.2, 0.25) is 0 Å². The number of hydrogen-bond donors (Lipinski definition) is 2. The van der Waals surface area contributed by atoms with Crippen LogP contribution in [0.2, 0.25) is 0 Å². The predicted molar refractivity (Wildman–Crippen MR) is 66.8 cm³/mol. The zero-order valence-electron chi connectivity index (χ0n) is 11.0. The molecule has 0 aliphatic carbocycles. The van der Waals surface area contributed by atoms with Gasteiger partial charge < -0.3 is 5.32 Å². The summed E-state index contributed by atoms with van der Waals surface area (Å²) in [5.41, 5.74) is 0.924. The van der Waals surface area contributed by atoms with E-state index in [4.69, 9.17) is 0 Å². The zero-order chi connectivity index (χ0) is 13.0. The lowest BCUT2D eigenvalue weighted by Gasteiger charge is -2.17. The molecule has 0 aliphatic rings. The molecule has 0 unspecified atom stereocenters. The molecule has 0 radical (unpaired) electrons. The Bertz CT molecular complexity index is 466. The molecule has 0 saturated carbocycles. The fraction of sp³-hybridized carbons (Fsp3) is 0.636. The molecule has 18 heavy (non-hydrogen) atoms. The molecule has 2 heterocycles. The van der Waals surface area contributed by atoms with Crippen LogP contribution in [0.25, 0.3) is 0 Å². The monoisotopic (exact) mass is 249 g/mol. The first-order chi connectivity index (χ1) is 8.55. The van der Waals surface area contributed by atoms with Gasteiger partial charge in [-0.1, -0.05) is 5.21 Å². The first kappa shape index (κ1) is 12.7. The highest BCUT2D eigenvalue weighted by molar-refractivity contribution is 4.94. The first-order valence-electron chi connectivity index (χ1n) is 6.02. The van der Waals surface area contributed by atoms with Gasteiger partial charge in [-0.2, -0.15) is 5.10 Å². The van der Waals surface area contributed by atoms with E-state index in [9.17, 15) is 0 Å². The lowest BCUT2D eigenvalue weighted by molar-refractivity contribution is 0.347. The average molecular weight is 249 g/mol. The van der Waals surface area contributed by atoms with Crippen molar-refractivity contribution in [2.75, 3.05) is 6.54 Å². The number of nitrogens with one attached hydrogen (secondary N) is 2. The molecule has 7 heteroatoms. The quantitative estimate of drug-likeness (QED) is 0.753. The van der Waals surface area contributed by atoms with Gasteiger partial charge in [0.25, 0.3) is 0 Å². The van der Waals surface area contributed by atoms with Crippen LogP contribution in [0, 0.1) is 0 Å². The highest BCUT2D eigenvalue weighted by Gasteiger charge is 2.14. The van der Waals surface area contributed by atoms with Crippen LogP contribution < -0.4 is 5.32 Å². The highest BCUT2D eigenvalue weighted by Crippen LogP contribution is 2.11. The lowest BCUT2D eigenvalue weighted by atomic mass is 10.1. The zero-order valence-corrected chi connectivity index (χ0v) is 11.0. The molecule has 0 aromatic carbocycles. The smallest absolute Gasteiger partial charge is 0.137 e. The number of nitrogens with zero attached hydrogens (tertiary/aromatic N) is 5. The van der Waals surface area contributed by atoms with Crippen molar-refractivity contribution < 1.29 is 0 Å². The molecule has 2 aromatic rings. The highest BCUT2D eigenvalue weighted by atomic mass is 15.4. The Morgan fingerprint density at radius 3 is 2.83 bits per heavy atom. The Labute approximate surface area is 106 Å². The molecule has 0 amide bonds. The second-order valence-corrected chi connectivity index (χ2v) is 5.18. The molecular formula is C11H19N7. The number of aromatic nitrogens is 6. The van der Waals surface area contributed by atoms with Crippen molar-refractivity contribution in [3.8, 4) is 0 Å². The van der Waals surface area contributed by atoms with Crippen molar-refractivity contribution in [1.29, 1.82) is 0 Å². The first-order valence-corrected chi connectivity index (χ1v) is 6.02. The van der Waals surface area contributed by atoms with Crippen LogP contribution in [-0.4, -0.2) is 36.7 Å². The molecule has 2 N–H and O–H groups in total. The molecule has 0 bridgehead atoms. The van der Waals surface area contributed by atoms with Crippen molar-refractivity contribution in [3.63, 3.8) is 0 Å². The fourth-order valence-electron chi connectivity index (χ4n) is 1.48. The van der Waals surface area contributed by atoms with E-state index < -0.39 is 0 Å². The SMILES string of the molecule is CC(C)(C)n1cc(CNCCc2ncn[nH]2)nn1. The normalized spacial score (nSPS) is 11.9. The Balaban J connectivity index is 1.75. The molecule has 0 fully saturated rings. The fourth-order valence-corrected chi connectivity index (χ4v) is 1.48. The minimum atomic E-state index is -0.0227. The Kier molecular flexibility index (Phi) is 3.71. The van der Waals surface area contributed by atoms with Crippen molar-refractivity contribution in [2.45, 2.75) is 39.3 Å². The number of rotatable bonds is 5.